The minimum Gasteiger partial charge on any atom is -0.497 e. The number of benzene rings is 2. The SMILES string of the molecule is CNC(Cc1csc2ccccc12)c1cccc(OC)c1. The van der Waals surface area contributed by atoms with E-state index in [-0.39, 0.29) is 6.04 Å². The first-order valence-corrected chi connectivity index (χ1v) is 7.96. The van der Waals surface area contributed by atoms with Gasteiger partial charge in [-0.05, 0) is 53.6 Å². The molecule has 3 rings (SSSR count). The second-order valence-corrected chi connectivity index (χ2v) is 5.99. The van der Waals surface area contributed by atoms with Crippen molar-refractivity contribution in [3.05, 3.63) is 65.0 Å². The van der Waals surface area contributed by atoms with Crippen LogP contribution in [-0.2, 0) is 6.42 Å². The summed E-state index contributed by atoms with van der Waals surface area (Å²) in [7, 11) is 3.72. The summed E-state index contributed by atoms with van der Waals surface area (Å²) in [6, 6.07) is 17.2. The molecule has 3 aromatic rings. The second kappa shape index (κ2) is 6.29. The Labute approximate surface area is 129 Å². The van der Waals surface area contributed by atoms with Gasteiger partial charge in [-0.25, -0.2) is 0 Å². The monoisotopic (exact) mass is 297 g/mol. The number of fused-ring (bicyclic) bond motifs is 1. The topological polar surface area (TPSA) is 21.3 Å². The van der Waals surface area contributed by atoms with Crippen LogP contribution in [0.5, 0.6) is 5.75 Å². The Morgan fingerprint density at radius 2 is 2.00 bits per heavy atom. The molecule has 2 nitrogen and oxygen atoms in total. The minimum atomic E-state index is 0.290. The van der Waals surface area contributed by atoms with Gasteiger partial charge in [0.25, 0.3) is 0 Å². The summed E-state index contributed by atoms with van der Waals surface area (Å²) in [4.78, 5) is 0. The molecule has 3 heteroatoms. The van der Waals surface area contributed by atoms with Crippen molar-refractivity contribution in [3.8, 4) is 5.75 Å². The van der Waals surface area contributed by atoms with E-state index in [1.54, 1.807) is 7.11 Å². The second-order valence-electron chi connectivity index (χ2n) is 5.08. The number of ether oxygens (including phenoxy) is 1. The Morgan fingerprint density at radius 1 is 1.14 bits per heavy atom. The van der Waals surface area contributed by atoms with Gasteiger partial charge in [0.15, 0.2) is 0 Å². The van der Waals surface area contributed by atoms with Crippen LogP contribution in [0.1, 0.15) is 17.2 Å². The van der Waals surface area contributed by atoms with Crippen molar-refractivity contribution in [2.45, 2.75) is 12.5 Å². The molecule has 108 valence electrons. The fourth-order valence-electron chi connectivity index (χ4n) is 2.66. The molecule has 1 aromatic heterocycles. The molecule has 1 atom stereocenters. The fourth-order valence-corrected chi connectivity index (χ4v) is 3.63. The molecule has 0 fully saturated rings. The average molecular weight is 297 g/mol. The van der Waals surface area contributed by atoms with E-state index in [2.05, 4.69) is 47.1 Å². The van der Waals surface area contributed by atoms with E-state index < -0.39 is 0 Å². The fraction of sp³-hybridized carbons (Fsp3) is 0.222. The summed E-state index contributed by atoms with van der Waals surface area (Å²) in [5.41, 5.74) is 2.66. The lowest BCUT2D eigenvalue weighted by molar-refractivity contribution is 0.413. The molecular weight excluding hydrogens is 278 g/mol. The van der Waals surface area contributed by atoms with Gasteiger partial charge in [0.1, 0.15) is 5.75 Å². The molecule has 1 N–H and O–H groups in total. The zero-order valence-corrected chi connectivity index (χ0v) is 13.1. The largest absolute Gasteiger partial charge is 0.497 e. The molecule has 0 aliphatic heterocycles. The molecule has 2 aromatic carbocycles. The summed E-state index contributed by atoms with van der Waals surface area (Å²) in [6.45, 7) is 0. The van der Waals surface area contributed by atoms with E-state index in [0.717, 1.165) is 12.2 Å². The van der Waals surface area contributed by atoms with Crippen molar-refractivity contribution < 1.29 is 4.74 Å². The van der Waals surface area contributed by atoms with Gasteiger partial charge in [-0.3, -0.25) is 0 Å². The molecule has 0 spiro atoms. The van der Waals surface area contributed by atoms with Gasteiger partial charge >= 0.3 is 0 Å². The Bertz CT molecular complexity index is 735. The van der Waals surface area contributed by atoms with Gasteiger partial charge in [0.05, 0.1) is 7.11 Å². The zero-order valence-electron chi connectivity index (χ0n) is 12.3. The lowest BCUT2D eigenvalue weighted by Crippen LogP contribution is -2.18. The minimum absolute atomic E-state index is 0.290. The lowest BCUT2D eigenvalue weighted by atomic mass is 9.98. The number of nitrogens with one attached hydrogen (secondary N) is 1. The Kier molecular flexibility index (Phi) is 4.23. The summed E-state index contributed by atoms with van der Waals surface area (Å²) >= 11 is 1.82. The number of likely N-dealkylation sites (N-methyl/N-ethyl adjacent to an activating group) is 1. The highest BCUT2D eigenvalue weighted by Crippen LogP contribution is 2.30. The third kappa shape index (κ3) is 2.94. The first kappa shape index (κ1) is 14.1. The van der Waals surface area contributed by atoms with Gasteiger partial charge in [-0.15, -0.1) is 11.3 Å². The average Bonchev–Trinajstić information content (AvgIpc) is 2.95. The predicted octanol–water partition coefficient (Wildman–Crippen LogP) is 4.41. The Morgan fingerprint density at radius 3 is 2.81 bits per heavy atom. The Balaban J connectivity index is 1.90. The van der Waals surface area contributed by atoms with E-state index in [0.29, 0.717) is 0 Å². The number of hydrogen-bond acceptors (Lipinski definition) is 3. The maximum Gasteiger partial charge on any atom is 0.119 e. The molecule has 0 bridgehead atoms. The first-order valence-electron chi connectivity index (χ1n) is 7.08. The summed E-state index contributed by atoms with van der Waals surface area (Å²) in [5.74, 6) is 0.905. The quantitative estimate of drug-likeness (QED) is 0.753. The van der Waals surface area contributed by atoms with Crippen molar-refractivity contribution in [2.24, 2.45) is 0 Å². The summed E-state index contributed by atoms with van der Waals surface area (Å²) in [6.07, 6.45) is 0.980. The van der Waals surface area contributed by atoms with Crippen LogP contribution in [0, 0.1) is 0 Å². The van der Waals surface area contributed by atoms with Crippen LogP contribution in [0.2, 0.25) is 0 Å². The maximum absolute atomic E-state index is 5.33. The molecule has 0 radical (unpaired) electrons. The van der Waals surface area contributed by atoms with Crippen LogP contribution < -0.4 is 10.1 Å². The third-order valence-corrected chi connectivity index (χ3v) is 4.84. The van der Waals surface area contributed by atoms with E-state index in [1.807, 2.05) is 30.5 Å². The number of thiophene rings is 1. The van der Waals surface area contributed by atoms with E-state index in [9.17, 15) is 0 Å². The van der Waals surface area contributed by atoms with Crippen molar-refractivity contribution in [1.82, 2.24) is 5.32 Å². The van der Waals surface area contributed by atoms with Gasteiger partial charge in [0, 0.05) is 10.7 Å². The smallest absolute Gasteiger partial charge is 0.119 e. The van der Waals surface area contributed by atoms with Crippen molar-refractivity contribution >= 4 is 21.4 Å². The van der Waals surface area contributed by atoms with Crippen molar-refractivity contribution in [2.75, 3.05) is 14.2 Å². The van der Waals surface area contributed by atoms with Crippen LogP contribution >= 0.6 is 11.3 Å². The molecule has 0 aliphatic rings. The lowest BCUT2D eigenvalue weighted by Gasteiger charge is -2.17. The molecular formula is C18H19NOS. The number of rotatable bonds is 5. The zero-order chi connectivity index (χ0) is 14.7. The maximum atomic E-state index is 5.33. The molecule has 0 saturated heterocycles. The molecule has 1 heterocycles. The molecule has 21 heavy (non-hydrogen) atoms. The summed E-state index contributed by atoms with van der Waals surface area (Å²) in [5, 5.41) is 7.06. The standard InChI is InChI=1S/C18H19NOS/c1-19-17(13-6-5-7-15(10-13)20-2)11-14-12-21-18-9-4-3-8-16(14)18/h3-10,12,17,19H,11H2,1-2H3. The van der Waals surface area contributed by atoms with Crippen LogP contribution in [-0.4, -0.2) is 14.2 Å². The van der Waals surface area contributed by atoms with Crippen LogP contribution in [0.3, 0.4) is 0 Å². The predicted molar refractivity (Wildman–Crippen MR) is 90.3 cm³/mol. The molecule has 0 amide bonds. The highest BCUT2D eigenvalue weighted by molar-refractivity contribution is 7.17. The van der Waals surface area contributed by atoms with Crippen molar-refractivity contribution in [1.29, 1.82) is 0 Å². The highest BCUT2D eigenvalue weighted by atomic mass is 32.1. The molecule has 0 saturated carbocycles. The van der Waals surface area contributed by atoms with E-state index >= 15 is 0 Å². The third-order valence-electron chi connectivity index (χ3n) is 3.83. The number of methoxy groups -OCH3 is 1. The Hall–Kier alpha value is -1.84. The van der Waals surface area contributed by atoms with Crippen LogP contribution in [0.25, 0.3) is 10.1 Å². The first-order chi connectivity index (χ1) is 10.3. The van der Waals surface area contributed by atoms with E-state index in [1.165, 1.54) is 21.2 Å². The molecule has 0 aliphatic carbocycles. The molecule has 1 unspecified atom stereocenters. The van der Waals surface area contributed by atoms with Gasteiger partial charge < -0.3 is 10.1 Å². The van der Waals surface area contributed by atoms with Gasteiger partial charge in [-0.1, -0.05) is 30.3 Å². The highest BCUT2D eigenvalue weighted by Gasteiger charge is 2.13. The van der Waals surface area contributed by atoms with Gasteiger partial charge in [0.2, 0.25) is 0 Å². The number of hydrogen-bond donors (Lipinski definition) is 1. The van der Waals surface area contributed by atoms with Crippen molar-refractivity contribution in [3.63, 3.8) is 0 Å². The normalized spacial score (nSPS) is 12.5. The van der Waals surface area contributed by atoms with Crippen LogP contribution in [0.4, 0.5) is 0 Å². The summed E-state index contributed by atoms with van der Waals surface area (Å²) < 4.78 is 6.68. The van der Waals surface area contributed by atoms with Gasteiger partial charge in [-0.2, -0.15) is 0 Å². The van der Waals surface area contributed by atoms with Crippen LogP contribution in [0.15, 0.2) is 53.9 Å². The van der Waals surface area contributed by atoms with E-state index in [4.69, 9.17) is 4.74 Å².